The molecule has 0 aliphatic carbocycles. The first-order valence-electron chi connectivity index (χ1n) is 6.08. The molecule has 0 spiro atoms. The number of halogens is 1. The fourth-order valence-electron chi connectivity index (χ4n) is 2.38. The van der Waals surface area contributed by atoms with Gasteiger partial charge in [0.1, 0.15) is 0 Å². The quantitative estimate of drug-likeness (QED) is 0.924. The molecule has 1 atom stereocenters. The van der Waals surface area contributed by atoms with Crippen LogP contribution in [-0.2, 0) is 20.0 Å². The number of nitrogens with zero attached hydrogens (tertiary/aromatic N) is 3. The molecule has 1 fully saturated rings. The maximum Gasteiger partial charge on any atom is 0.0767 e. The number of hydrogen-bond donors (Lipinski definition) is 1. The molecule has 1 aromatic heterocycles. The molecule has 4 nitrogen and oxygen atoms in total. The Labute approximate surface area is 111 Å². The van der Waals surface area contributed by atoms with Crippen LogP contribution in [0, 0.1) is 0 Å². The van der Waals surface area contributed by atoms with Crippen LogP contribution in [0.1, 0.15) is 31.7 Å². The summed E-state index contributed by atoms with van der Waals surface area (Å²) >= 11 is 3.63. The van der Waals surface area contributed by atoms with Gasteiger partial charge in [-0.1, -0.05) is 6.92 Å². The second-order valence-electron chi connectivity index (χ2n) is 5.14. The van der Waals surface area contributed by atoms with Gasteiger partial charge in [-0.15, -0.1) is 0 Å². The molecular formula is C12H20BrN3O. The lowest BCUT2D eigenvalue weighted by atomic mass is 10.1. The predicted molar refractivity (Wildman–Crippen MR) is 70.8 cm³/mol. The van der Waals surface area contributed by atoms with E-state index < -0.39 is 5.60 Å². The van der Waals surface area contributed by atoms with Gasteiger partial charge >= 0.3 is 0 Å². The monoisotopic (exact) mass is 301 g/mol. The van der Waals surface area contributed by atoms with E-state index in [0.29, 0.717) is 0 Å². The van der Waals surface area contributed by atoms with Crippen LogP contribution >= 0.6 is 15.9 Å². The highest BCUT2D eigenvalue weighted by Crippen LogP contribution is 2.26. The minimum Gasteiger partial charge on any atom is -0.389 e. The van der Waals surface area contributed by atoms with Crippen LogP contribution in [0.2, 0.25) is 0 Å². The molecular weight excluding hydrogens is 282 g/mol. The lowest BCUT2D eigenvalue weighted by Gasteiger charge is -2.18. The molecule has 0 aromatic carbocycles. The first kappa shape index (κ1) is 13.1. The van der Waals surface area contributed by atoms with Gasteiger partial charge in [-0.05, 0) is 35.7 Å². The molecule has 0 bridgehead atoms. The predicted octanol–water partition coefficient (Wildman–Crippen LogP) is 1.70. The van der Waals surface area contributed by atoms with Crippen LogP contribution in [0.3, 0.4) is 0 Å². The third kappa shape index (κ3) is 2.72. The third-order valence-electron chi connectivity index (χ3n) is 3.41. The van der Waals surface area contributed by atoms with Crippen molar-refractivity contribution >= 4 is 15.9 Å². The zero-order valence-corrected chi connectivity index (χ0v) is 12.3. The van der Waals surface area contributed by atoms with E-state index in [0.717, 1.165) is 42.6 Å². The summed E-state index contributed by atoms with van der Waals surface area (Å²) in [7, 11) is 1.98. The number of aromatic nitrogens is 2. The van der Waals surface area contributed by atoms with E-state index in [9.17, 15) is 5.11 Å². The average molecular weight is 302 g/mol. The molecule has 1 aliphatic rings. The van der Waals surface area contributed by atoms with Gasteiger partial charge in [-0.3, -0.25) is 9.58 Å². The van der Waals surface area contributed by atoms with E-state index in [1.165, 1.54) is 5.69 Å². The Hall–Kier alpha value is -0.390. The molecule has 1 aliphatic heterocycles. The van der Waals surface area contributed by atoms with Crippen molar-refractivity contribution in [3.63, 3.8) is 0 Å². The summed E-state index contributed by atoms with van der Waals surface area (Å²) in [5.74, 6) is 0. The summed E-state index contributed by atoms with van der Waals surface area (Å²) in [6.07, 6.45) is 1.79. The van der Waals surface area contributed by atoms with Crippen molar-refractivity contribution < 1.29 is 5.11 Å². The Bertz CT molecular complexity index is 414. The molecule has 1 unspecified atom stereocenters. The number of rotatable bonds is 3. The van der Waals surface area contributed by atoms with Crippen molar-refractivity contribution in [1.29, 1.82) is 0 Å². The Balaban J connectivity index is 2.12. The molecule has 2 heterocycles. The van der Waals surface area contributed by atoms with E-state index in [1.807, 2.05) is 18.7 Å². The van der Waals surface area contributed by atoms with Gasteiger partial charge in [0, 0.05) is 26.7 Å². The fraction of sp³-hybridized carbons (Fsp3) is 0.750. The SMILES string of the molecule is CCc1nn(C)c(CN2CCC(C)(O)C2)c1Br. The number of aliphatic hydroxyl groups is 1. The van der Waals surface area contributed by atoms with Crippen LogP contribution in [0.25, 0.3) is 0 Å². The zero-order valence-electron chi connectivity index (χ0n) is 10.7. The topological polar surface area (TPSA) is 41.3 Å². The number of hydrogen-bond acceptors (Lipinski definition) is 3. The lowest BCUT2D eigenvalue weighted by Crippen LogP contribution is -2.29. The van der Waals surface area contributed by atoms with E-state index in [2.05, 4.69) is 32.9 Å². The maximum absolute atomic E-state index is 9.96. The van der Waals surface area contributed by atoms with Gasteiger partial charge in [0.05, 0.1) is 21.5 Å². The van der Waals surface area contributed by atoms with Gasteiger partial charge in [-0.2, -0.15) is 5.10 Å². The van der Waals surface area contributed by atoms with E-state index in [-0.39, 0.29) is 0 Å². The number of aryl methyl sites for hydroxylation is 2. The third-order valence-corrected chi connectivity index (χ3v) is 4.32. The summed E-state index contributed by atoms with van der Waals surface area (Å²) in [6, 6.07) is 0. The molecule has 1 aromatic rings. The summed E-state index contributed by atoms with van der Waals surface area (Å²) in [5.41, 5.74) is 1.77. The molecule has 0 amide bonds. The molecule has 5 heteroatoms. The Kier molecular flexibility index (Phi) is 3.61. The molecule has 1 N–H and O–H groups in total. The summed E-state index contributed by atoms with van der Waals surface area (Å²) < 4.78 is 3.06. The highest BCUT2D eigenvalue weighted by molar-refractivity contribution is 9.10. The Morgan fingerprint density at radius 2 is 2.24 bits per heavy atom. The summed E-state index contributed by atoms with van der Waals surface area (Å²) in [5, 5.41) is 14.4. The van der Waals surface area contributed by atoms with Crippen molar-refractivity contribution in [2.24, 2.45) is 7.05 Å². The molecule has 2 rings (SSSR count). The molecule has 0 saturated carbocycles. The van der Waals surface area contributed by atoms with Gasteiger partial charge in [0.15, 0.2) is 0 Å². The van der Waals surface area contributed by atoms with Gasteiger partial charge < -0.3 is 5.11 Å². The smallest absolute Gasteiger partial charge is 0.0767 e. The van der Waals surface area contributed by atoms with Crippen LogP contribution in [0.4, 0.5) is 0 Å². The molecule has 96 valence electrons. The summed E-state index contributed by atoms with van der Waals surface area (Å²) in [6.45, 7) is 6.55. The highest BCUT2D eigenvalue weighted by atomic mass is 79.9. The van der Waals surface area contributed by atoms with Crippen molar-refractivity contribution in [3.05, 3.63) is 15.9 Å². The van der Waals surface area contributed by atoms with Crippen molar-refractivity contribution in [1.82, 2.24) is 14.7 Å². The lowest BCUT2D eigenvalue weighted by molar-refractivity contribution is 0.0675. The van der Waals surface area contributed by atoms with Crippen LogP contribution < -0.4 is 0 Å². The Morgan fingerprint density at radius 3 is 2.71 bits per heavy atom. The first-order valence-corrected chi connectivity index (χ1v) is 6.87. The zero-order chi connectivity index (χ0) is 12.6. The molecule has 0 radical (unpaired) electrons. The minimum absolute atomic E-state index is 0.529. The van der Waals surface area contributed by atoms with E-state index in [4.69, 9.17) is 0 Å². The number of β-amino-alcohol motifs (C(OH)–C–C–N with tert-alkyl or cyclic N) is 1. The second kappa shape index (κ2) is 4.71. The van der Waals surface area contributed by atoms with E-state index >= 15 is 0 Å². The van der Waals surface area contributed by atoms with Gasteiger partial charge in [0.2, 0.25) is 0 Å². The maximum atomic E-state index is 9.96. The molecule has 17 heavy (non-hydrogen) atoms. The van der Waals surface area contributed by atoms with Crippen LogP contribution in [-0.4, -0.2) is 38.5 Å². The van der Waals surface area contributed by atoms with E-state index in [1.54, 1.807) is 0 Å². The second-order valence-corrected chi connectivity index (χ2v) is 5.94. The van der Waals surface area contributed by atoms with Crippen LogP contribution in [0.15, 0.2) is 4.47 Å². The van der Waals surface area contributed by atoms with Crippen molar-refractivity contribution in [2.45, 2.75) is 38.8 Å². The normalized spacial score (nSPS) is 25.7. The largest absolute Gasteiger partial charge is 0.389 e. The minimum atomic E-state index is -0.529. The highest BCUT2D eigenvalue weighted by Gasteiger charge is 2.32. The van der Waals surface area contributed by atoms with Crippen LogP contribution in [0.5, 0.6) is 0 Å². The van der Waals surface area contributed by atoms with Gasteiger partial charge in [0.25, 0.3) is 0 Å². The Morgan fingerprint density at radius 1 is 1.53 bits per heavy atom. The van der Waals surface area contributed by atoms with Crippen molar-refractivity contribution in [2.75, 3.05) is 13.1 Å². The summed E-state index contributed by atoms with van der Waals surface area (Å²) in [4.78, 5) is 2.28. The molecule has 1 saturated heterocycles. The average Bonchev–Trinajstić information content (AvgIpc) is 2.72. The first-order chi connectivity index (χ1) is 7.93. The van der Waals surface area contributed by atoms with Gasteiger partial charge in [-0.25, -0.2) is 0 Å². The fourth-order valence-corrected chi connectivity index (χ4v) is 3.12. The van der Waals surface area contributed by atoms with Crippen molar-refractivity contribution in [3.8, 4) is 0 Å². The number of likely N-dealkylation sites (tertiary alicyclic amines) is 1. The standard InChI is InChI=1S/C12H20BrN3O/c1-4-9-11(13)10(15(3)14-9)7-16-6-5-12(2,17)8-16/h17H,4-8H2,1-3H3.